The molecule has 9 nitrogen and oxygen atoms in total. The third-order valence-electron chi connectivity index (χ3n) is 3.74. The van der Waals surface area contributed by atoms with E-state index in [9.17, 15) is 19.2 Å². The van der Waals surface area contributed by atoms with E-state index in [1.165, 1.54) is 4.57 Å². The lowest BCUT2D eigenvalue weighted by atomic mass is 10.1. The summed E-state index contributed by atoms with van der Waals surface area (Å²) in [5.41, 5.74) is -2.16. The average molecular weight is 411 g/mol. The van der Waals surface area contributed by atoms with Crippen LogP contribution < -0.4 is 0 Å². The van der Waals surface area contributed by atoms with E-state index < -0.39 is 29.4 Å². The highest BCUT2D eigenvalue weighted by atomic mass is 16.5. The van der Waals surface area contributed by atoms with Gasteiger partial charge in [0.25, 0.3) is 0 Å². The largest absolute Gasteiger partial charge is 0.462 e. The van der Waals surface area contributed by atoms with Crippen molar-refractivity contribution in [2.45, 2.75) is 54.0 Å². The molecule has 0 aromatic carbocycles. The van der Waals surface area contributed by atoms with E-state index in [1.807, 2.05) is 0 Å². The van der Waals surface area contributed by atoms with E-state index in [4.69, 9.17) is 18.9 Å². The Bertz CT molecular complexity index is 728. The predicted molar refractivity (Wildman–Crippen MR) is 103 cm³/mol. The molecule has 1 heterocycles. The standard InChI is InChI=1S/C20H29NO8/c1-8-26-16(22)12-13(17(23)27-9-2)15(19(25)29-11-4)21(20(5,6)7)14(12)18(24)28-10-3/h8-11H2,1-7H3. The Morgan fingerprint density at radius 3 is 1.14 bits per heavy atom. The Morgan fingerprint density at radius 2 is 0.897 bits per heavy atom. The van der Waals surface area contributed by atoms with Gasteiger partial charge in [-0.25, -0.2) is 19.2 Å². The zero-order chi connectivity index (χ0) is 22.4. The Hall–Kier alpha value is -2.84. The minimum atomic E-state index is -0.938. The summed E-state index contributed by atoms with van der Waals surface area (Å²) < 4.78 is 21.6. The predicted octanol–water partition coefficient (Wildman–Crippen LogP) is 2.95. The summed E-state index contributed by atoms with van der Waals surface area (Å²) in [5, 5.41) is 0. The van der Waals surface area contributed by atoms with Gasteiger partial charge in [-0.3, -0.25) is 0 Å². The van der Waals surface area contributed by atoms with Crippen LogP contribution in [0.25, 0.3) is 0 Å². The third kappa shape index (κ3) is 5.16. The molecule has 0 N–H and O–H groups in total. The molecule has 0 aliphatic rings. The number of nitrogens with zero attached hydrogens (tertiary/aromatic N) is 1. The molecule has 162 valence electrons. The molecule has 1 aromatic heterocycles. The number of esters is 4. The van der Waals surface area contributed by atoms with Crippen LogP contribution in [0, 0.1) is 0 Å². The van der Waals surface area contributed by atoms with Gasteiger partial charge in [0.05, 0.1) is 26.4 Å². The molecule has 1 aromatic rings. The summed E-state index contributed by atoms with van der Waals surface area (Å²) in [6.07, 6.45) is 0. The molecule has 29 heavy (non-hydrogen) atoms. The molecule has 0 fully saturated rings. The number of hydrogen-bond acceptors (Lipinski definition) is 8. The molecule has 0 saturated carbocycles. The first-order chi connectivity index (χ1) is 13.6. The zero-order valence-electron chi connectivity index (χ0n) is 18.0. The van der Waals surface area contributed by atoms with Crippen LogP contribution in [-0.2, 0) is 24.5 Å². The lowest BCUT2D eigenvalue weighted by Gasteiger charge is -2.26. The molecule has 0 unspecified atom stereocenters. The smallest absolute Gasteiger partial charge is 0.355 e. The van der Waals surface area contributed by atoms with Gasteiger partial charge in [-0.15, -0.1) is 0 Å². The molecule has 0 bridgehead atoms. The maximum atomic E-state index is 12.8. The van der Waals surface area contributed by atoms with Gasteiger partial charge in [0.15, 0.2) is 0 Å². The molecule has 0 aliphatic carbocycles. The van der Waals surface area contributed by atoms with Crippen molar-refractivity contribution in [3.05, 3.63) is 22.5 Å². The Kier molecular flexibility index (Phi) is 8.42. The second-order valence-corrected chi connectivity index (χ2v) is 6.84. The van der Waals surface area contributed by atoms with Crippen molar-refractivity contribution < 1.29 is 38.1 Å². The van der Waals surface area contributed by atoms with Gasteiger partial charge in [0, 0.05) is 5.54 Å². The van der Waals surface area contributed by atoms with Crippen LogP contribution >= 0.6 is 0 Å². The minimum Gasteiger partial charge on any atom is -0.462 e. The summed E-state index contributed by atoms with van der Waals surface area (Å²) in [6.45, 7) is 11.6. The van der Waals surface area contributed by atoms with Gasteiger partial charge in [0.2, 0.25) is 0 Å². The number of ether oxygens (including phenoxy) is 4. The van der Waals surface area contributed by atoms with Crippen LogP contribution in [0.5, 0.6) is 0 Å². The fraction of sp³-hybridized carbons (Fsp3) is 0.600. The van der Waals surface area contributed by atoms with Gasteiger partial charge < -0.3 is 23.5 Å². The fourth-order valence-corrected chi connectivity index (χ4v) is 2.83. The van der Waals surface area contributed by atoms with Crippen LogP contribution in [0.1, 0.15) is 90.2 Å². The van der Waals surface area contributed by atoms with Gasteiger partial charge in [-0.05, 0) is 48.5 Å². The summed E-state index contributed by atoms with van der Waals surface area (Å²) >= 11 is 0. The van der Waals surface area contributed by atoms with E-state index in [1.54, 1.807) is 48.5 Å². The molecular weight excluding hydrogens is 382 g/mol. The SMILES string of the molecule is CCOC(=O)c1c(C(=O)OCC)c(C(=O)OCC)n(C(C)(C)C)c1C(=O)OCC. The van der Waals surface area contributed by atoms with E-state index in [0.29, 0.717) is 0 Å². The molecule has 0 atom stereocenters. The summed E-state index contributed by atoms with van der Waals surface area (Å²) in [6, 6.07) is 0. The minimum absolute atomic E-state index is 0.00119. The van der Waals surface area contributed by atoms with Gasteiger partial charge >= 0.3 is 23.9 Å². The monoisotopic (exact) mass is 411 g/mol. The maximum absolute atomic E-state index is 12.8. The van der Waals surface area contributed by atoms with Crippen LogP contribution in [0.4, 0.5) is 0 Å². The van der Waals surface area contributed by atoms with Crippen molar-refractivity contribution in [3.8, 4) is 0 Å². The van der Waals surface area contributed by atoms with E-state index in [0.717, 1.165) is 0 Å². The second-order valence-electron chi connectivity index (χ2n) is 6.84. The van der Waals surface area contributed by atoms with Crippen molar-refractivity contribution in [1.29, 1.82) is 0 Å². The lowest BCUT2D eigenvalue weighted by molar-refractivity contribution is 0.0453. The van der Waals surface area contributed by atoms with Gasteiger partial charge in [-0.2, -0.15) is 0 Å². The zero-order valence-corrected chi connectivity index (χ0v) is 18.0. The highest BCUT2D eigenvalue weighted by Gasteiger charge is 2.42. The summed E-state index contributed by atoms with van der Waals surface area (Å²) in [5.74, 6) is -3.61. The van der Waals surface area contributed by atoms with Gasteiger partial charge in [0.1, 0.15) is 22.5 Å². The second kappa shape index (κ2) is 10.1. The maximum Gasteiger partial charge on any atom is 0.355 e. The van der Waals surface area contributed by atoms with Gasteiger partial charge in [-0.1, -0.05) is 0 Å². The van der Waals surface area contributed by atoms with Crippen molar-refractivity contribution in [1.82, 2.24) is 4.57 Å². The third-order valence-corrected chi connectivity index (χ3v) is 3.74. The molecule has 0 amide bonds. The number of hydrogen-bond donors (Lipinski definition) is 0. The fourth-order valence-electron chi connectivity index (χ4n) is 2.83. The van der Waals surface area contributed by atoms with Crippen LogP contribution in [0.15, 0.2) is 0 Å². The number of aromatic nitrogens is 1. The molecule has 0 spiro atoms. The van der Waals surface area contributed by atoms with Crippen molar-refractivity contribution in [2.24, 2.45) is 0 Å². The summed E-state index contributed by atoms with van der Waals surface area (Å²) in [4.78, 5) is 51.2. The number of rotatable bonds is 8. The Morgan fingerprint density at radius 1 is 0.621 bits per heavy atom. The average Bonchev–Trinajstić information content (AvgIpc) is 2.99. The van der Waals surface area contributed by atoms with Crippen molar-refractivity contribution in [2.75, 3.05) is 26.4 Å². The van der Waals surface area contributed by atoms with E-state index in [2.05, 4.69) is 0 Å². The normalized spacial score (nSPS) is 11.0. The lowest BCUT2D eigenvalue weighted by Crippen LogP contribution is -2.31. The Labute approximate surface area is 170 Å². The van der Waals surface area contributed by atoms with Crippen molar-refractivity contribution in [3.63, 3.8) is 0 Å². The van der Waals surface area contributed by atoms with Crippen LogP contribution in [-0.4, -0.2) is 54.9 Å². The first kappa shape index (κ1) is 24.2. The van der Waals surface area contributed by atoms with Crippen molar-refractivity contribution >= 4 is 23.9 Å². The van der Waals surface area contributed by atoms with E-state index in [-0.39, 0.29) is 48.9 Å². The number of carbonyl (C=O) groups excluding carboxylic acids is 4. The first-order valence-electron chi connectivity index (χ1n) is 9.54. The molecule has 9 heteroatoms. The van der Waals surface area contributed by atoms with E-state index >= 15 is 0 Å². The molecule has 0 radical (unpaired) electrons. The first-order valence-corrected chi connectivity index (χ1v) is 9.54. The molecule has 1 rings (SSSR count). The molecular formula is C20H29NO8. The number of carbonyl (C=O) groups is 4. The highest BCUT2D eigenvalue weighted by Crippen LogP contribution is 2.32. The summed E-state index contributed by atoms with van der Waals surface area (Å²) in [7, 11) is 0. The van der Waals surface area contributed by atoms with Crippen LogP contribution in [0.3, 0.4) is 0 Å². The Balaban J connectivity index is 4.13. The quantitative estimate of drug-likeness (QED) is 0.474. The van der Waals surface area contributed by atoms with Crippen LogP contribution in [0.2, 0.25) is 0 Å². The topological polar surface area (TPSA) is 110 Å². The molecule has 0 aliphatic heterocycles. The molecule has 0 saturated heterocycles. The highest BCUT2D eigenvalue weighted by molar-refractivity contribution is 6.15.